The lowest BCUT2D eigenvalue weighted by Gasteiger charge is -2.21. The molecule has 0 aliphatic carbocycles. The van der Waals surface area contributed by atoms with Gasteiger partial charge in [0.1, 0.15) is 16.7 Å². The van der Waals surface area contributed by atoms with Gasteiger partial charge in [-0.15, -0.1) is 0 Å². The summed E-state index contributed by atoms with van der Waals surface area (Å²) in [4.78, 5) is 13.2. The van der Waals surface area contributed by atoms with Gasteiger partial charge in [0.2, 0.25) is 15.9 Å². The Morgan fingerprint density at radius 1 is 1.00 bits per heavy atom. The minimum atomic E-state index is -4.13. The number of anilines is 1. The first-order valence-corrected chi connectivity index (χ1v) is 12.9. The van der Waals surface area contributed by atoms with Crippen LogP contribution in [0.2, 0.25) is 10.0 Å². The fraction of sp³-hybridized carbons (Fsp3) is 0.240. The lowest BCUT2D eigenvalue weighted by Crippen LogP contribution is -2.45. The van der Waals surface area contributed by atoms with Crippen LogP contribution in [0.15, 0.2) is 71.6 Å². The smallest absolute Gasteiger partial charge is 0.245 e. The molecule has 0 aliphatic heterocycles. The van der Waals surface area contributed by atoms with Gasteiger partial charge >= 0.3 is 0 Å². The van der Waals surface area contributed by atoms with Gasteiger partial charge in [-0.2, -0.15) is 4.72 Å². The number of hydrogen-bond donors (Lipinski definition) is 2. The maximum atomic E-state index is 13.4. The van der Waals surface area contributed by atoms with Crippen LogP contribution in [0.3, 0.4) is 0 Å². The SMILES string of the molecule is COc1ccc(C(C)C)cc1S(=O)(=O)NC(Cc1ccccc1)C(=O)Nc1cccc(Cl)c1Cl. The van der Waals surface area contributed by atoms with Gasteiger partial charge < -0.3 is 10.1 Å². The molecule has 1 atom stereocenters. The average Bonchev–Trinajstić information content (AvgIpc) is 2.81. The number of methoxy groups -OCH3 is 1. The van der Waals surface area contributed by atoms with E-state index in [4.69, 9.17) is 27.9 Å². The third kappa shape index (κ3) is 6.30. The summed E-state index contributed by atoms with van der Waals surface area (Å²) >= 11 is 12.3. The molecule has 3 aromatic carbocycles. The number of amides is 1. The molecule has 180 valence electrons. The maximum Gasteiger partial charge on any atom is 0.245 e. The van der Waals surface area contributed by atoms with Crippen molar-refractivity contribution >= 4 is 44.8 Å². The number of benzene rings is 3. The van der Waals surface area contributed by atoms with Crippen molar-refractivity contribution in [1.29, 1.82) is 0 Å². The largest absolute Gasteiger partial charge is 0.495 e. The first kappa shape index (κ1) is 26.0. The molecule has 0 bridgehead atoms. The summed E-state index contributed by atoms with van der Waals surface area (Å²) in [5.74, 6) is -0.280. The molecule has 0 saturated heterocycles. The second-order valence-electron chi connectivity index (χ2n) is 8.02. The van der Waals surface area contributed by atoms with Gasteiger partial charge in [0.25, 0.3) is 0 Å². The van der Waals surface area contributed by atoms with Gasteiger partial charge in [-0.25, -0.2) is 8.42 Å². The van der Waals surface area contributed by atoms with E-state index in [2.05, 4.69) is 10.0 Å². The Balaban J connectivity index is 1.97. The van der Waals surface area contributed by atoms with E-state index in [1.165, 1.54) is 7.11 Å². The highest BCUT2D eigenvalue weighted by Gasteiger charge is 2.29. The monoisotopic (exact) mass is 520 g/mol. The fourth-order valence-electron chi connectivity index (χ4n) is 3.37. The van der Waals surface area contributed by atoms with Crippen molar-refractivity contribution in [2.75, 3.05) is 12.4 Å². The molecule has 3 aromatic rings. The molecule has 1 unspecified atom stereocenters. The second kappa shape index (κ2) is 11.2. The van der Waals surface area contributed by atoms with E-state index >= 15 is 0 Å². The average molecular weight is 521 g/mol. The third-order valence-electron chi connectivity index (χ3n) is 5.25. The third-order valence-corrected chi connectivity index (χ3v) is 7.56. The van der Waals surface area contributed by atoms with Gasteiger partial charge in [-0.3, -0.25) is 4.79 Å². The van der Waals surface area contributed by atoms with Crippen LogP contribution in [0.25, 0.3) is 0 Å². The van der Waals surface area contributed by atoms with E-state index in [0.717, 1.165) is 11.1 Å². The Labute approximate surface area is 210 Å². The number of nitrogens with one attached hydrogen (secondary N) is 2. The number of carbonyl (C=O) groups excluding carboxylic acids is 1. The molecule has 0 saturated carbocycles. The fourth-order valence-corrected chi connectivity index (χ4v) is 5.12. The highest BCUT2D eigenvalue weighted by Crippen LogP contribution is 2.31. The summed E-state index contributed by atoms with van der Waals surface area (Å²) in [6.07, 6.45) is 0.121. The Hall–Kier alpha value is -2.58. The second-order valence-corrected chi connectivity index (χ2v) is 10.5. The lowest BCUT2D eigenvalue weighted by molar-refractivity contribution is -0.117. The molecule has 34 heavy (non-hydrogen) atoms. The summed E-state index contributed by atoms with van der Waals surface area (Å²) in [6, 6.07) is 17.8. The van der Waals surface area contributed by atoms with Gasteiger partial charge in [0, 0.05) is 0 Å². The van der Waals surface area contributed by atoms with E-state index in [1.54, 1.807) is 30.3 Å². The van der Waals surface area contributed by atoms with Crippen LogP contribution in [-0.4, -0.2) is 27.5 Å². The minimum absolute atomic E-state index is 0.0344. The van der Waals surface area contributed by atoms with E-state index in [0.29, 0.717) is 0 Å². The van der Waals surface area contributed by atoms with E-state index in [-0.39, 0.29) is 38.7 Å². The highest BCUT2D eigenvalue weighted by atomic mass is 35.5. The van der Waals surface area contributed by atoms with Crippen molar-refractivity contribution in [3.63, 3.8) is 0 Å². The van der Waals surface area contributed by atoms with Gasteiger partial charge in [-0.05, 0) is 47.7 Å². The summed E-state index contributed by atoms with van der Waals surface area (Å²) in [5, 5.41) is 3.13. The van der Waals surface area contributed by atoms with Gasteiger partial charge in [0.05, 0.1) is 22.8 Å². The van der Waals surface area contributed by atoms with Crippen molar-refractivity contribution in [2.45, 2.75) is 37.1 Å². The molecule has 0 aliphatic rings. The van der Waals surface area contributed by atoms with E-state index < -0.39 is 22.0 Å². The van der Waals surface area contributed by atoms with Gasteiger partial charge in [-0.1, -0.05) is 79.5 Å². The molecular formula is C25H26Cl2N2O4S. The first-order chi connectivity index (χ1) is 16.1. The number of carbonyl (C=O) groups is 1. The molecular weight excluding hydrogens is 495 g/mol. The summed E-state index contributed by atoms with van der Waals surface area (Å²) in [6.45, 7) is 3.93. The predicted octanol–water partition coefficient (Wildman–Crippen LogP) is 5.65. The van der Waals surface area contributed by atoms with Crippen molar-refractivity contribution in [2.24, 2.45) is 0 Å². The number of rotatable bonds is 9. The molecule has 0 spiro atoms. The van der Waals surface area contributed by atoms with Gasteiger partial charge in [0.15, 0.2) is 0 Å². The van der Waals surface area contributed by atoms with Crippen molar-refractivity contribution < 1.29 is 17.9 Å². The molecule has 9 heteroatoms. The molecule has 0 radical (unpaired) electrons. The lowest BCUT2D eigenvalue weighted by atomic mass is 10.0. The van der Waals surface area contributed by atoms with Crippen LogP contribution in [0.1, 0.15) is 30.9 Å². The molecule has 3 rings (SSSR count). The molecule has 0 fully saturated rings. The zero-order chi connectivity index (χ0) is 24.9. The standard InChI is InChI=1S/C25H26Cl2N2O4S/c1-16(2)18-12-13-22(33-3)23(15-18)34(31,32)29-21(14-17-8-5-4-6-9-17)25(30)28-20-11-7-10-19(26)24(20)27/h4-13,15-16,21,29H,14H2,1-3H3,(H,28,30). The number of ether oxygens (including phenoxy) is 1. The van der Waals surface area contributed by atoms with Crippen LogP contribution < -0.4 is 14.8 Å². The van der Waals surface area contributed by atoms with Crippen LogP contribution in [0, 0.1) is 0 Å². The molecule has 1 amide bonds. The topological polar surface area (TPSA) is 84.5 Å². The summed E-state index contributed by atoms with van der Waals surface area (Å²) in [7, 11) is -2.73. The predicted molar refractivity (Wildman–Crippen MR) is 136 cm³/mol. The van der Waals surface area contributed by atoms with Crippen molar-refractivity contribution in [3.8, 4) is 5.75 Å². The summed E-state index contributed by atoms with van der Waals surface area (Å²) in [5.41, 5.74) is 1.90. The maximum absolute atomic E-state index is 13.4. The Morgan fingerprint density at radius 3 is 2.35 bits per heavy atom. The molecule has 2 N–H and O–H groups in total. The normalized spacial score (nSPS) is 12.4. The van der Waals surface area contributed by atoms with E-state index in [9.17, 15) is 13.2 Å². The zero-order valence-corrected chi connectivity index (χ0v) is 21.3. The Kier molecular flexibility index (Phi) is 8.60. The molecule has 0 aromatic heterocycles. The molecule has 6 nitrogen and oxygen atoms in total. The van der Waals surface area contributed by atoms with Crippen LogP contribution in [0.4, 0.5) is 5.69 Å². The van der Waals surface area contributed by atoms with Crippen LogP contribution in [-0.2, 0) is 21.2 Å². The van der Waals surface area contributed by atoms with Crippen LogP contribution in [0.5, 0.6) is 5.75 Å². The quantitative estimate of drug-likeness (QED) is 0.381. The first-order valence-electron chi connectivity index (χ1n) is 10.6. The minimum Gasteiger partial charge on any atom is -0.495 e. The van der Waals surface area contributed by atoms with E-state index in [1.807, 2.05) is 50.2 Å². The van der Waals surface area contributed by atoms with Crippen LogP contribution >= 0.6 is 23.2 Å². The Bertz CT molecular complexity index is 1270. The number of hydrogen-bond acceptors (Lipinski definition) is 4. The zero-order valence-electron chi connectivity index (χ0n) is 19.0. The highest BCUT2D eigenvalue weighted by molar-refractivity contribution is 7.89. The number of halogens is 2. The molecule has 0 heterocycles. The van der Waals surface area contributed by atoms with Crippen molar-refractivity contribution in [3.05, 3.63) is 87.9 Å². The van der Waals surface area contributed by atoms with Crippen molar-refractivity contribution in [1.82, 2.24) is 4.72 Å². The Morgan fingerprint density at radius 2 is 1.71 bits per heavy atom. The number of sulfonamides is 1. The summed E-state index contributed by atoms with van der Waals surface area (Å²) < 4.78 is 34.8.